The molecule has 1 saturated carbocycles. The summed E-state index contributed by atoms with van der Waals surface area (Å²) in [5.41, 5.74) is 0. The second-order valence-corrected chi connectivity index (χ2v) is 6.03. The Morgan fingerprint density at radius 2 is 1.64 bits per heavy atom. The van der Waals surface area contributed by atoms with E-state index < -0.39 is 17.8 Å². The molecule has 0 aromatic rings. The Labute approximate surface area is 133 Å². The molecule has 2 unspecified atom stereocenters. The zero-order chi connectivity index (χ0) is 16.2. The number of carboxylic acid groups (broad SMARTS) is 1. The molecule has 0 aromatic carbocycles. The smallest absolute Gasteiger partial charge is 0.309 e. The SMILES string of the molecule is CCCCCCCOCCOC(=O)C1CCCCC1C(=O)O. The normalized spacial score (nSPS) is 21.5. The molecule has 0 bridgehead atoms. The molecule has 22 heavy (non-hydrogen) atoms. The quantitative estimate of drug-likeness (QED) is 0.467. The highest BCUT2D eigenvalue weighted by Crippen LogP contribution is 2.31. The highest BCUT2D eigenvalue weighted by Gasteiger charge is 2.36. The van der Waals surface area contributed by atoms with Gasteiger partial charge >= 0.3 is 11.9 Å². The van der Waals surface area contributed by atoms with E-state index in [0.717, 1.165) is 19.3 Å². The predicted molar refractivity (Wildman–Crippen MR) is 83.6 cm³/mol. The summed E-state index contributed by atoms with van der Waals surface area (Å²) >= 11 is 0. The van der Waals surface area contributed by atoms with E-state index in [9.17, 15) is 9.59 Å². The molecule has 0 amide bonds. The minimum absolute atomic E-state index is 0.219. The fraction of sp³-hybridized carbons (Fsp3) is 0.882. The van der Waals surface area contributed by atoms with E-state index in [0.29, 0.717) is 26.1 Å². The maximum absolute atomic E-state index is 12.0. The molecular formula is C17H30O5. The molecule has 0 heterocycles. The standard InChI is InChI=1S/C17H30O5/c1-2-3-4-5-8-11-21-12-13-22-17(20)15-10-7-6-9-14(15)16(18)19/h14-15H,2-13H2,1H3,(H,18,19). The molecule has 5 nitrogen and oxygen atoms in total. The van der Waals surface area contributed by atoms with Crippen molar-refractivity contribution in [3.63, 3.8) is 0 Å². The van der Waals surface area contributed by atoms with E-state index in [4.69, 9.17) is 14.6 Å². The van der Waals surface area contributed by atoms with Crippen LogP contribution in [0.15, 0.2) is 0 Å². The first-order valence-electron chi connectivity index (χ1n) is 8.64. The van der Waals surface area contributed by atoms with Crippen LogP contribution in [-0.2, 0) is 19.1 Å². The zero-order valence-corrected chi connectivity index (χ0v) is 13.7. The van der Waals surface area contributed by atoms with Crippen molar-refractivity contribution in [2.45, 2.75) is 64.7 Å². The summed E-state index contributed by atoms with van der Waals surface area (Å²) in [6, 6.07) is 0. The van der Waals surface area contributed by atoms with Crippen LogP contribution in [0.1, 0.15) is 64.7 Å². The van der Waals surface area contributed by atoms with Crippen molar-refractivity contribution in [3.8, 4) is 0 Å². The van der Waals surface area contributed by atoms with Gasteiger partial charge in [0.1, 0.15) is 6.61 Å². The monoisotopic (exact) mass is 314 g/mol. The van der Waals surface area contributed by atoms with Gasteiger partial charge in [-0.15, -0.1) is 0 Å². The number of unbranched alkanes of at least 4 members (excludes halogenated alkanes) is 4. The highest BCUT2D eigenvalue weighted by molar-refractivity contribution is 5.81. The third-order valence-electron chi connectivity index (χ3n) is 4.25. The van der Waals surface area contributed by atoms with Gasteiger partial charge in [0.2, 0.25) is 0 Å². The lowest BCUT2D eigenvalue weighted by Crippen LogP contribution is -2.34. The number of ether oxygens (including phenoxy) is 2. The van der Waals surface area contributed by atoms with Crippen LogP contribution in [0.4, 0.5) is 0 Å². The van der Waals surface area contributed by atoms with Gasteiger partial charge in [-0.2, -0.15) is 0 Å². The van der Waals surface area contributed by atoms with Crippen LogP contribution in [-0.4, -0.2) is 36.9 Å². The second kappa shape index (κ2) is 11.5. The molecule has 1 N–H and O–H groups in total. The van der Waals surface area contributed by atoms with Crippen LogP contribution in [0.25, 0.3) is 0 Å². The number of aliphatic carboxylic acids is 1. The number of carbonyl (C=O) groups excluding carboxylic acids is 1. The Kier molecular flexibility index (Phi) is 9.87. The Morgan fingerprint density at radius 1 is 0.955 bits per heavy atom. The number of hydrogen-bond donors (Lipinski definition) is 1. The topological polar surface area (TPSA) is 72.8 Å². The molecule has 5 heteroatoms. The maximum atomic E-state index is 12.0. The Morgan fingerprint density at radius 3 is 2.32 bits per heavy atom. The number of carboxylic acids is 1. The van der Waals surface area contributed by atoms with E-state index in [1.807, 2.05) is 0 Å². The van der Waals surface area contributed by atoms with E-state index in [-0.39, 0.29) is 12.6 Å². The highest BCUT2D eigenvalue weighted by atomic mass is 16.6. The van der Waals surface area contributed by atoms with Crippen LogP contribution in [0.3, 0.4) is 0 Å². The molecule has 128 valence electrons. The van der Waals surface area contributed by atoms with Gasteiger partial charge in [-0.05, 0) is 19.3 Å². The molecule has 0 radical (unpaired) electrons. The largest absolute Gasteiger partial charge is 0.481 e. The van der Waals surface area contributed by atoms with Gasteiger partial charge in [-0.25, -0.2) is 0 Å². The fourth-order valence-electron chi connectivity index (χ4n) is 2.93. The minimum atomic E-state index is -0.884. The minimum Gasteiger partial charge on any atom is -0.481 e. The first kappa shape index (κ1) is 18.9. The van der Waals surface area contributed by atoms with Gasteiger partial charge in [0.15, 0.2) is 0 Å². The van der Waals surface area contributed by atoms with Gasteiger partial charge in [-0.3, -0.25) is 9.59 Å². The molecule has 0 aliphatic heterocycles. The number of hydrogen-bond acceptors (Lipinski definition) is 4. The third kappa shape index (κ3) is 7.25. The zero-order valence-electron chi connectivity index (χ0n) is 13.7. The Balaban J connectivity index is 2.08. The molecular weight excluding hydrogens is 284 g/mol. The van der Waals surface area contributed by atoms with Crippen LogP contribution in [0.5, 0.6) is 0 Å². The second-order valence-electron chi connectivity index (χ2n) is 6.03. The number of rotatable bonds is 11. The van der Waals surface area contributed by atoms with Crippen LogP contribution in [0.2, 0.25) is 0 Å². The predicted octanol–water partition coefficient (Wildman–Crippen LogP) is 3.41. The molecule has 1 aliphatic rings. The van der Waals surface area contributed by atoms with Crippen molar-refractivity contribution in [1.29, 1.82) is 0 Å². The molecule has 0 saturated heterocycles. The van der Waals surface area contributed by atoms with E-state index in [2.05, 4.69) is 6.92 Å². The summed E-state index contributed by atoms with van der Waals surface area (Å²) in [5.74, 6) is -2.33. The molecule has 1 fully saturated rings. The van der Waals surface area contributed by atoms with E-state index >= 15 is 0 Å². The van der Waals surface area contributed by atoms with Gasteiger partial charge in [0, 0.05) is 6.61 Å². The summed E-state index contributed by atoms with van der Waals surface area (Å²) in [6.07, 6.45) is 8.93. The Bertz CT molecular complexity index is 329. The lowest BCUT2D eigenvalue weighted by molar-refractivity contribution is -0.160. The molecule has 0 aromatic heterocycles. The summed E-state index contributed by atoms with van der Waals surface area (Å²) in [7, 11) is 0. The van der Waals surface area contributed by atoms with Crippen molar-refractivity contribution in [2.75, 3.05) is 19.8 Å². The van der Waals surface area contributed by atoms with Crippen LogP contribution in [0, 0.1) is 11.8 Å². The number of esters is 1. The molecule has 1 rings (SSSR count). The van der Waals surface area contributed by atoms with Gasteiger partial charge in [0.05, 0.1) is 18.4 Å². The van der Waals surface area contributed by atoms with Crippen LogP contribution >= 0.6 is 0 Å². The van der Waals surface area contributed by atoms with Crippen molar-refractivity contribution < 1.29 is 24.2 Å². The van der Waals surface area contributed by atoms with Crippen molar-refractivity contribution >= 4 is 11.9 Å². The van der Waals surface area contributed by atoms with Crippen molar-refractivity contribution in [2.24, 2.45) is 11.8 Å². The van der Waals surface area contributed by atoms with Gasteiger partial charge in [0.25, 0.3) is 0 Å². The Hall–Kier alpha value is -1.10. The number of carbonyl (C=O) groups is 2. The lowest BCUT2D eigenvalue weighted by Gasteiger charge is -2.26. The molecule has 2 atom stereocenters. The van der Waals surface area contributed by atoms with Crippen molar-refractivity contribution in [1.82, 2.24) is 0 Å². The average Bonchev–Trinajstić information content (AvgIpc) is 2.53. The first-order chi connectivity index (χ1) is 10.7. The summed E-state index contributed by atoms with van der Waals surface area (Å²) < 4.78 is 10.6. The molecule has 0 spiro atoms. The lowest BCUT2D eigenvalue weighted by atomic mass is 9.79. The van der Waals surface area contributed by atoms with E-state index in [1.54, 1.807) is 0 Å². The summed E-state index contributed by atoms with van der Waals surface area (Å²) in [5, 5.41) is 9.16. The average molecular weight is 314 g/mol. The van der Waals surface area contributed by atoms with E-state index in [1.165, 1.54) is 25.7 Å². The summed E-state index contributed by atoms with van der Waals surface area (Å²) in [4.78, 5) is 23.1. The van der Waals surface area contributed by atoms with Crippen molar-refractivity contribution in [3.05, 3.63) is 0 Å². The van der Waals surface area contributed by atoms with Gasteiger partial charge in [-0.1, -0.05) is 45.4 Å². The first-order valence-corrected chi connectivity index (χ1v) is 8.64. The molecule has 1 aliphatic carbocycles. The summed E-state index contributed by atoms with van der Waals surface area (Å²) in [6.45, 7) is 3.50. The van der Waals surface area contributed by atoms with Crippen LogP contribution < -0.4 is 0 Å². The van der Waals surface area contributed by atoms with Gasteiger partial charge < -0.3 is 14.6 Å². The maximum Gasteiger partial charge on any atom is 0.309 e. The third-order valence-corrected chi connectivity index (χ3v) is 4.25. The fourth-order valence-corrected chi connectivity index (χ4v) is 2.93.